The van der Waals surface area contributed by atoms with E-state index in [1.165, 1.54) is 12.4 Å². The van der Waals surface area contributed by atoms with Crippen LogP contribution in [0.15, 0.2) is 42.9 Å². The zero-order valence-electron chi connectivity index (χ0n) is 10.2. The van der Waals surface area contributed by atoms with Crippen molar-refractivity contribution in [2.45, 2.75) is 19.3 Å². The molecule has 18 heavy (non-hydrogen) atoms. The fourth-order valence-corrected chi connectivity index (χ4v) is 1.77. The van der Waals surface area contributed by atoms with E-state index in [4.69, 9.17) is 5.73 Å². The Balaban J connectivity index is 2.06. The van der Waals surface area contributed by atoms with Crippen molar-refractivity contribution in [2.75, 3.05) is 5.73 Å². The van der Waals surface area contributed by atoms with Crippen LogP contribution in [0.1, 0.15) is 35.3 Å². The van der Waals surface area contributed by atoms with E-state index in [-0.39, 0.29) is 11.7 Å². The average molecular weight is 241 g/mol. The van der Waals surface area contributed by atoms with Gasteiger partial charge in [-0.15, -0.1) is 0 Å². The van der Waals surface area contributed by atoms with Gasteiger partial charge in [-0.25, -0.2) is 4.98 Å². The molecule has 0 bridgehead atoms. The molecule has 4 nitrogen and oxygen atoms in total. The zero-order chi connectivity index (χ0) is 13.0. The minimum atomic E-state index is 0.00688. The van der Waals surface area contributed by atoms with E-state index in [1.807, 2.05) is 31.2 Å². The number of hydrogen-bond donors (Lipinski definition) is 1. The lowest BCUT2D eigenvalue weighted by molar-refractivity contribution is 0.0970. The molecule has 1 unspecified atom stereocenters. The van der Waals surface area contributed by atoms with Gasteiger partial charge in [0, 0.05) is 24.5 Å². The Hall–Kier alpha value is -2.23. The van der Waals surface area contributed by atoms with Crippen molar-refractivity contribution >= 4 is 11.5 Å². The van der Waals surface area contributed by atoms with Gasteiger partial charge >= 0.3 is 0 Å². The van der Waals surface area contributed by atoms with Gasteiger partial charge in [0.05, 0.1) is 6.20 Å². The predicted molar refractivity (Wildman–Crippen MR) is 70.2 cm³/mol. The topological polar surface area (TPSA) is 68.9 Å². The lowest BCUT2D eigenvalue weighted by Gasteiger charge is -2.10. The molecular formula is C14H15N3O. The standard InChI is InChI=1S/C14H15N3O/c1-10(11-2-4-12(15)5-3-11)8-14(18)13-9-16-6-7-17-13/h2-7,9-10H,8,15H2,1H3. The first-order valence-electron chi connectivity index (χ1n) is 5.81. The monoisotopic (exact) mass is 241 g/mol. The Morgan fingerprint density at radius 1 is 1.28 bits per heavy atom. The molecule has 0 aliphatic carbocycles. The average Bonchev–Trinajstić information content (AvgIpc) is 2.40. The molecule has 1 atom stereocenters. The normalized spacial score (nSPS) is 12.1. The summed E-state index contributed by atoms with van der Waals surface area (Å²) in [6.45, 7) is 2.01. The predicted octanol–water partition coefficient (Wildman–Crippen LogP) is 2.44. The molecule has 1 heterocycles. The van der Waals surface area contributed by atoms with E-state index >= 15 is 0 Å². The third-order valence-corrected chi connectivity index (χ3v) is 2.85. The van der Waals surface area contributed by atoms with Crippen molar-refractivity contribution in [3.8, 4) is 0 Å². The zero-order valence-corrected chi connectivity index (χ0v) is 10.2. The van der Waals surface area contributed by atoms with Crippen molar-refractivity contribution in [1.82, 2.24) is 9.97 Å². The van der Waals surface area contributed by atoms with Gasteiger partial charge in [0.25, 0.3) is 0 Å². The number of nitrogens with two attached hydrogens (primary N) is 1. The van der Waals surface area contributed by atoms with Crippen molar-refractivity contribution in [3.63, 3.8) is 0 Å². The lowest BCUT2D eigenvalue weighted by atomic mass is 9.95. The summed E-state index contributed by atoms with van der Waals surface area (Å²) in [5.74, 6) is 0.146. The van der Waals surface area contributed by atoms with Crippen LogP contribution in [-0.2, 0) is 0 Å². The molecule has 0 radical (unpaired) electrons. The van der Waals surface area contributed by atoms with Crippen LogP contribution in [0.25, 0.3) is 0 Å². The number of nitrogens with zero attached hydrogens (tertiary/aromatic N) is 2. The van der Waals surface area contributed by atoms with Gasteiger partial charge < -0.3 is 5.73 Å². The van der Waals surface area contributed by atoms with Crippen LogP contribution in [0.3, 0.4) is 0 Å². The number of hydrogen-bond acceptors (Lipinski definition) is 4. The molecular weight excluding hydrogens is 226 g/mol. The number of carbonyl (C=O) groups is 1. The quantitative estimate of drug-likeness (QED) is 0.659. The molecule has 2 rings (SSSR count). The van der Waals surface area contributed by atoms with Crippen LogP contribution in [0, 0.1) is 0 Å². The molecule has 1 aromatic heterocycles. The fraction of sp³-hybridized carbons (Fsp3) is 0.214. The molecule has 0 aliphatic rings. The smallest absolute Gasteiger partial charge is 0.183 e. The van der Waals surface area contributed by atoms with Gasteiger partial charge in [0.2, 0.25) is 0 Å². The third-order valence-electron chi connectivity index (χ3n) is 2.85. The second-order valence-electron chi connectivity index (χ2n) is 4.29. The number of Topliss-reactive ketones (excluding diaryl/α,β-unsaturated/α-hetero) is 1. The molecule has 0 fully saturated rings. The number of benzene rings is 1. The summed E-state index contributed by atoms with van der Waals surface area (Å²) < 4.78 is 0. The van der Waals surface area contributed by atoms with Crippen LogP contribution in [0.2, 0.25) is 0 Å². The van der Waals surface area contributed by atoms with Gasteiger partial charge in [0.1, 0.15) is 5.69 Å². The van der Waals surface area contributed by atoms with E-state index in [0.29, 0.717) is 12.1 Å². The van der Waals surface area contributed by atoms with Gasteiger partial charge in [0.15, 0.2) is 5.78 Å². The summed E-state index contributed by atoms with van der Waals surface area (Å²) in [4.78, 5) is 19.9. The number of anilines is 1. The van der Waals surface area contributed by atoms with E-state index in [9.17, 15) is 4.79 Å². The van der Waals surface area contributed by atoms with Crippen LogP contribution in [-0.4, -0.2) is 15.8 Å². The number of ketones is 1. The van der Waals surface area contributed by atoms with Gasteiger partial charge in [-0.3, -0.25) is 9.78 Å². The Morgan fingerprint density at radius 2 is 2.00 bits per heavy atom. The number of carbonyl (C=O) groups excluding carboxylic acids is 1. The first kappa shape index (κ1) is 12.2. The Morgan fingerprint density at radius 3 is 2.61 bits per heavy atom. The summed E-state index contributed by atoms with van der Waals surface area (Å²) in [7, 11) is 0. The minimum Gasteiger partial charge on any atom is -0.399 e. The highest BCUT2D eigenvalue weighted by Crippen LogP contribution is 2.21. The van der Waals surface area contributed by atoms with E-state index in [0.717, 1.165) is 11.3 Å². The Labute approximate surface area is 106 Å². The first-order chi connectivity index (χ1) is 8.66. The molecule has 2 aromatic rings. The maximum absolute atomic E-state index is 12.0. The van der Waals surface area contributed by atoms with Crippen LogP contribution >= 0.6 is 0 Å². The van der Waals surface area contributed by atoms with Crippen LogP contribution in [0.4, 0.5) is 5.69 Å². The second-order valence-corrected chi connectivity index (χ2v) is 4.29. The second kappa shape index (κ2) is 5.40. The Bertz CT molecular complexity index is 522. The highest BCUT2D eigenvalue weighted by molar-refractivity contribution is 5.94. The number of rotatable bonds is 4. The van der Waals surface area contributed by atoms with E-state index < -0.39 is 0 Å². The largest absolute Gasteiger partial charge is 0.399 e. The molecule has 0 aliphatic heterocycles. The molecule has 0 amide bonds. The van der Waals surface area contributed by atoms with Crippen molar-refractivity contribution in [1.29, 1.82) is 0 Å². The van der Waals surface area contributed by atoms with Gasteiger partial charge in [-0.2, -0.15) is 0 Å². The van der Waals surface area contributed by atoms with Crippen molar-refractivity contribution in [3.05, 3.63) is 54.1 Å². The maximum atomic E-state index is 12.0. The highest BCUT2D eigenvalue weighted by atomic mass is 16.1. The summed E-state index contributed by atoms with van der Waals surface area (Å²) in [5, 5.41) is 0. The minimum absolute atomic E-state index is 0.00688. The fourth-order valence-electron chi connectivity index (χ4n) is 1.77. The summed E-state index contributed by atoms with van der Waals surface area (Å²) in [5.41, 5.74) is 7.88. The molecule has 0 saturated carbocycles. The van der Waals surface area contributed by atoms with Crippen molar-refractivity contribution < 1.29 is 4.79 Å². The summed E-state index contributed by atoms with van der Waals surface area (Å²) >= 11 is 0. The summed E-state index contributed by atoms with van der Waals surface area (Å²) in [6, 6.07) is 7.59. The maximum Gasteiger partial charge on any atom is 0.183 e. The number of nitrogen functional groups attached to an aromatic ring is 1. The van der Waals surface area contributed by atoms with Crippen LogP contribution in [0.5, 0.6) is 0 Å². The molecule has 1 aromatic carbocycles. The van der Waals surface area contributed by atoms with Crippen molar-refractivity contribution in [2.24, 2.45) is 0 Å². The molecule has 4 heteroatoms. The molecule has 0 spiro atoms. The molecule has 92 valence electrons. The molecule has 2 N–H and O–H groups in total. The number of aromatic nitrogens is 2. The van der Waals surface area contributed by atoms with Gasteiger partial charge in [-0.1, -0.05) is 19.1 Å². The lowest BCUT2D eigenvalue weighted by Crippen LogP contribution is -2.07. The third kappa shape index (κ3) is 2.91. The summed E-state index contributed by atoms with van der Waals surface area (Å²) in [6.07, 6.45) is 5.00. The molecule has 0 saturated heterocycles. The highest BCUT2D eigenvalue weighted by Gasteiger charge is 2.13. The van der Waals surface area contributed by atoms with Gasteiger partial charge in [-0.05, 0) is 23.6 Å². The van der Waals surface area contributed by atoms with E-state index in [1.54, 1.807) is 6.20 Å². The van der Waals surface area contributed by atoms with E-state index in [2.05, 4.69) is 9.97 Å². The Kier molecular flexibility index (Phi) is 3.67. The van der Waals surface area contributed by atoms with Crippen LogP contribution < -0.4 is 5.73 Å². The SMILES string of the molecule is CC(CC(=O)c1cnccn1)c1ccc(N)cc1. The first-order valence-corrected chi connectivity index (χ1v) is 5.81.